The van der Waals surface area contributed by atoms with Gasteiger partial charge in [-0.25, -0.2) is 0 Å². The van der Waals surface area contributed by atoms with Crippen molar-refractivity contribution < 1.29 is 4.74 Å². The first-order valence-corrected chi connectivity index (χ1v) is 6.90. The van der Waals surface area contributed by atoms with Gasteiger partial charge >= 0.3 is 0 Å². The maximum atomic E-state index is 5.85. The number of nitrogens with zero attached hydrogens (tertiary/aromatic N) is 1. The van der Waals surface area contributed by atoms with Gasteiger partial charge in [-0.2, -0.15) is 0 Å². The molecular formula is C16H25ClN2O. The van der Waals surface area contributed by atoms with Crippen molar-refractivity contribution in [2.24, 2.45) is 11.1 Å². The van der Waals surface area contributed by atoms with Gasteiger partial charge < -0.3 is 10.5 Å². The number of halogens is 1. The van der Waals surface area contributed by atoms with Gasteiger partial charge in [0.2, 0.25) is 0 Å². The Hall–Kier alpha value is -1.03. The van der Waals surface area contributed by atoms with Crippen molar-refractivity contribution in [1.29, 1.82) is 0 Å². The molecule has 3 nitrogen and oxygen atoms in total. The molecule has 0 amide bonds. The summed E-state index contributed by atoms with van der Waals surface area (Å²) in [6, 6.07) is 8.30. The Bertz CT molecular complexity index is 438. The van der Waals surface area contributed by atoms with Crippen LogP contribution in [-0.4, -0.2) is 31.1 Å². The highest BCUT2D eigenvalue weighted by Gasteiger charge is 2.32. The van der Waals surface area contributed by atoms with Gasteiger partial charge in [0.1, 0.15) is 12.4 Å². The fourth-order valence-electron chi connectivity index (χ4n) is 2.57. The van der Waals surface area contributed by atoms with E-state index < -0.39 is 0 Å². The number of hydrogen-bond donors (Lipinski definition) is 1. The summed E-state index contributed by atoms with van der Waals surface area (Å²) in [7, 11) is 0. The van der Waals surface area contributed by atoms with Crippen LogP contribution in [0.1, 0.15) is 18.9 Å². The summed E-state index contributed by atoms with van der Waals surface area (Å²) in [5.74, 6) is 0.915. The molecule has 1 unspecified atom stereocenters. The van der Waals surface area contributed by atoms with Crippen molar-refractivity contribution in [3.63, 3.8) is 0 Å². The van der Waals surface area contributed by atoms with Crippen LogP contribution in [0, 0.1) is 5.41 Å². The number of ether oxygens (including phenoxy) is 1. The smallest absolute Gasteiger partial charge is 0.120 e. The minimum atomic E-state index is 0. The second kappa shape index (κ2) is 7.67. The summed E-state index contributed by atoms with van der Waals surface area (Å²) in [4.78, 5) is 2.47. The Kier molecular flexibility index (Phi) is 6.53. The molecule has 0 bridgehead atoms. The third kappa shape index (κ3) is 4.51. The van der Waals surface area contributed by atoms with Gasteiger partial charge in [0, 0.05) is 13.1 Å². The van der Waals surface area contributed by atoms with Crippen molar-refractivity contribution in [2.45, 2.75) is 19.9 Å². The molecular weight excluding hydrogens is 272 g/mol. The van der Waals surface area contributed by atoms with E-state index in [-0.39, 0.29) is 17.8 Å². The minimum absolute atomic E-state index is 0. The van der Waals surface area contributed by atoms with E-state index in [1.165, 1.54) is 12.0 Å². The number of benzene rings is 1. The number of nitrogens with two attached hydrogens (primary N) is 1. The fraction of sp³-hybridized carbons (Fsp3) is 0.500. The normalized spacial score (nSPS) is 22.3. The van der Waals surface area contributed by atoms with Crippen LogP contribution in [0.2, 0.25) is 0 Å². The molecule has 0 aliphatic carbocycles. The molecule has 1 heterocycles. The molecule has 0 spiro atoms. The van der Waals surface area contributed by atoms with Gasteiger partial charge in [-0.05, 0) is 42.6 Å². The Morgan fingerprint density at radius 2 is 2.30 bits per heavy atom. The van der Waals surface area contributed by atoms with Crippen LogP contribution in [0.4, 0.5) is 0 Å². The van der Waals surface area contributed by atoms with Gasteiger partial charge in [-0.1, -0.05) is 31.7 Å². The maximum Gasteiger partial charge on any atom is 0.120 e. The summed E-state index contributed by atoms with van der Waals surface area (Å²) in [6.07, 6.45) is 2.95. The monoisotopic (exact) mass is 296 g/mol. The molecule has 0 saturated carbocycles. The molecule has 2 N–H and O–H groups in total. The van der Waals surface area contributed by atoms with E-state index in [1.807, 2.05) is 12.1 Å². The van der Waals surface area contributed by atoms with Crippen LogP contribution >= 0.6 is 12.4 Å². The van der Waals surface area contributed by atoms with Crippen molar-refractivity contribution >= 4 is 12.4 Å². The van der Waals surface area contributed by atoms with Gasteiger partial charge in [0.25, 0.3) is 0 Å². The first-order chi connectivity index (χ1) is 9.15. The average Bonchev–Trinajstić information content (AvgIpc) is 2.79. The zero-order valence-corrected chi connectivity index (χ0v) is 13.0. The molecule has 4 heteroatoms. The van der Waals surface area contributed by atoms with E-state index in [0.29, 0.717) is 6.61 Å². The van der Waals surface area contributed by atoms with Crippen LogP contribution in [0.25, 0.3) is 0 Å². The second-order valence-corrected chi connectivity index (χ2v) is 5.72. The SMILES string of the molecule is C=CCOc1cccc(CN2CCC(C)(CN)C2)c1.Cl. The molecule has 0 aromatic heterocycles. The highest BCUT2D eigenvalue weighted by atomic mass is 35.5. The Morgan fingerprint density at radius 1 is 1.50 bits per heavy atom. The maximum absolute atomic E-state index is 5.85. The fourth-order valence-corrected chi connectivity index (χ4v) is 2.57. The lowest BCUT2D eigenvalue weighted by Gasteiger charge is -2.22. The number of likely N-dealkylation sites (tertiary alicyclic amines) is 1. The molecule has 20 heavy (non-hydrogen) atoms. The van der Waals surface area contributed by atoms with Crippen LogP contribution in [0.5, 0.6) is 5.75 Å². The minimum Gasteiger partial charge on any atom is -0.490 e. The quantitative estimate of drug-likeness (QED) is 0.821. The van der Waals surface area contributed by atoms with E-state index in [1.54, 1.807) is 6.08 Å². The largest absolute Gasteiger partial charge is 0.490 e. The van der Waals surface area contributed by atoms with E-state index in [0.717, 1.165) is 31.9 Å². The Balaban J connectivity index is 0.00000200. The molecule has 1 aromatic rings. The second-order valence-electron chi connectivity index (χ2n) is 5.72. The lowest BCUT2D eigenvalue weighted by atomic mass is 9.90. The summed E-state index contributed by atoms with van der Waals surface area (Å²) in [5, 5.41) is 0. The molecule has 1 aliphatic heterocycles. The number of hydrogen-bond acceptors (Lipinski definition) is 3. The Labute approximate surface area is 128 Å². The van der Waals surface area contributed by atoms with Gasteiger partial charge in [0.15, 0.2) is 0 Å². The van der Waals surface area contributed by atoms with Crippen molar-refractivity contribution in [3.05, 3.63) is 42.5 Å². The molecule has 0 radical (unpaired) electrons. The lowest BCUT2D eigenvalue weighted by Crippen LogP contribution is -2.31. The first-order valence-electron chi connectivity index (χ1n) is 6.90. The predicted octanol–water partition coefficient (Wildman–Crippen LogP) is 2.84. The highest BCUT2D eigenvalue weighted by Crippen LogP contribution is 2.29. The number of rotatable bonds is 6. The summed E-state index contributed by atoms with van der Waals surface area (Å²) >= 11 is 0. The zero-order chi connectivity index (χ0) is 13.7. The summed E-state index contributed by atoms with van der Waals surface area (Å²) in [6.45, 7) is 10.4. The molecule has 1 saturated heterocycles. The third-order valence-electron chi connectivity index (χ3n) is 3.80. The van der Waals surface area contributed by atoms with Gasteiger partial charge in [0.05, 0.1) is 0 Å². The van der Waals surface area contributed by atoms with Crippen LogP contribution in [-0.2, 0) is 6.54 Å². The van der Waals surface area contributed by atoms with Crippen LogP contribution < -0.4 is 10.5 Å². The molecule has 2 rings (SSSR count). The molecule has 1 fully saturated rings. The van der Waals surface area contributed by atoms with Gasteiger partial charge in [-0.15, -0.1) is 12.4 Å². The van der Waals surface area contributed by atoms with Crippen molar-refractivity contribution in [1.82, 2.24) is 4.90 Å². The van der Waals surface area contributed by atoms with E-state index in [2.05, 4.69) is 30.5 Å². The van der Waals surface area contributed by atoms with E-state index >= 15 is 0 Å². The Morgan fingerprint density at radius 3 is 2.95 bits per heavy atom. The molecule has 112 valence electrons. The van der Waals surface area contributed by atoms with Gasteiger partial charge in [-0.3, -0.25) is 4.90 Å². The zero-order valence-electron chi connectivity index (χ0n) is 12.2. The highest BCUT2D eigenvalue weighted by molar-refractivity contribution is 5.85. The van der Waals surface area contributed by atoms with Crippen molar-refractivity contribution in [2.75, 3.05) is 26.2 Å². The van der Waals surface area contributed by atoms with E-state index in [4.69, 9.17) is 10.5 Å². The van der Waals surface area contributed by atoms with Crippen LogP contribution in [0.3, 0.4) is 0 Å². The standard InChI is InChI=1S/C16H24N2O.ClH/c1-3-9-19-15-6-4-5-14(10-15)11-18-8-7-16(2,12-17)13-18;/h3-6,10H,1,7-9,11-13,17H2,2H3;1H. The molecule has 1 atom stereocenters. The van der Waals surface area contributed by atoms with Crippen molar-refractivity contribution in [3.8, 4) is 5.75 Å². The lowest BCUT2D eigenvalue weighted by molar-refractivity contribution is 0.274. The summed E-state index contributed by atoms with van der Waals surface area (Å²) in [5.41, 5.74) is 7.43. The van der Waals surface area contributed by atoms with Crippen LogP contribution in [0.15, 0.2) is 36.9 Å². The summed E-state index contributed by atoms with van der Waals surface area (Å²) < 4.78 is 5.57. The molecule has 1 aromatic carbocycles. The topological polar surface area (TPSA) is 38.5 Å². The third-order valence-corrected chi connectivity index (χ3v) is 3.80. The predicted molar refractivity (Wildman–Crippen MR) is 86.4 cm³/mol. The average molecular weight is 297 g/mol. The molecule has 1 aliphatic rings. The first kappa shape index (κ1) is 17.0. The van der Waals surface area contributed by atoms with E-state index in [9.17, 15) is 0 Å².